The van der Waals surface area contributed by atoms with Crippen molar-refractivity contribution >= 4 is 86.2 Å². The van der Waals surface area contributed by atoms with Crippen molar-refractivity contribution in [1.29, 1.82) is 0 Å². The van der Waals surface area contributed by atoms with Gasteiger partial charge in [0.15, 0.2) is 0 Å². The van der Waals surface area contributed by atoms with Gasteiger partial charge in [-0.15, -0.1) is 0 Å². The van der Waals surface area contributed by atoms with E-state index in [0.29, 0.717) is 13.2 Å². The molecule has 0 saturated heterocycles. The average Bonchev–Trinajstić information content (AvgIpc) is 0.664. The van der Waals surface area contributed by atoms with Crippen molar-refractivity contribution in [3.05, 3.63) is 245 Å². The van der Waals surface area contributed by atoms with E-state index in [1.807, 2.05) is 99.1 Å². The van der Waals surface area contributed by atoms with Gasteiger partial charge in [-0.1, -0.05) is 26.7 Å². The molecule has 0 aliphatic carbocycles. The molecule has 0 spiro atoms. The van der Waals surface area contributed by atoms with E-state index in [0.717, 1.165) is 212 Å². The number of hydrogen-bond donors (Lipinski definition) is 0. The summed E-state index contributed by atoms with van der Waals surface area (Å²) in [4.78, 5) is 36.2. The van der Waals surface area contributed by atoms with Crippen LogP contribution >= 0.6 is 0 Å². The van der Waals surface area contributed by atoms with Crippen LogP contribution in [0.25, 0.3) is 175 Å². The molecule has 0 unspecified atom stereocenters. The van der Waals surface area contributed by atoms with Crippen LogP contribution in [-0.2, 0) is 0 Å². The summed E-state index contributed by atoms with van der Waals surface area (Å²) in [6.07, 6.45) is 33.8. The van der Waals surface area contributed by atoms with E-state index < -0.39 is 0 Å². The quantitative estimate of drug-likeness (QED) is 0.0683. The first kappa shape index (κ1) is 54.5. The molecule has 11 aromatic carbocycles. The highest BCUT2D eigenvalue weighted by Gasteiger charge is 2.33. The third-order valence-corrected chi connectivity index (χ3v) is 18.6. The lowest BCUT2D eigenvalue weighted by Crippen LogP contribution is -2.06. The predicted molar refractivity (Wildman–Crippen MR) is 376 cm³/mol. The second-order valence-corrected chi connectivity index (χ2v) is 23.7. The fourth-order valence-corrected chi connectivity index (χ4v) is 14.5. The highest BCUT2D eigenvalue weighted by molar-refractivity contribution is 6.50. The van der Waals surface area contributed by atoms with Gasteiger partial charge in [0, 0.05) is 142 Å². The Bertz CT molecular complexity index is 4630. The van der Waals surface area contributed by atoms with Crippen LogP contribution in [0.15, 0.2) is 245 Å². The molecule has 0 radical (unpaired) electrons. The molecule has 0 N–H and O–H groups in total. The lowest BCUT2D eigenvalue weighted by Gasteiger charge is -2.29. The molecule has 19 rings (SSSR count). The monoisotopic (exact) mass is 1190 g/mol. The Balaban J connectivity index is 1.17. The number of ether oxygens (including phenoxy) is 2. The highest BCUT2D eigenvalue weighted by atomic mass is 16.5. The molecule has 10 nitrogen and oxygen atoms in total. The first-order valence-corrected chi connectivity index (χ1v) is 31.6. The summed E-state index contributed by atoms with van der Waals surface area (Å²) in [7, 11) is 0. The highest BCUT2D eigenvalue weighted by Crippen LogP contribution is 2.62. The topological polar surface area (TPSA) is 122 Å². The van der Waals surface area contributed by atoms with Gasteiger partial charge in [-0.3, -0.25) is 39.9 Å². The molecule has 0 aliphatic rings. The summed E-state index contributed by atoms with van der Waals surface area (Å²) in [6.45, 7) is 5.46. The maximum absolute atomic E-state index is 7.84. The van der Waals surface area contributed by atoms with Crippen LogP contribution < -0.4 is 9.47 Å². The van der Waals surface area contributed by atoms with E-state index in [2.05, 4.69) is 199 Å². The molecule has 0 aliphatic heterocycles. The first-order valence-electron chi connectivity index (χ1n) is 31.6. The normalized spacial score (nSPS) is 11.8. The van der Waals surface area contributed by atoms with Crippen molar-refractivity contribution in [3.8, 4) is 101 Å². The van der Waals surface area contributed by atoms with Crippen LogP contribution in [0.5, 0.6) is 11.5 Å². The predicted octanol–water partition coefficient (Wildman–Crippen LogP) is 20.6. The Labute approximate surface area is 530 Å². The number of nitrogens with zero attached hydrogens (tertiary/aromatic N) is 8. The molecule has 0 atom stereocenters. The summed E-state index contributed by atoms with van der Waals surface area (Å²) < 4.78 is 15.7. The third-order valence-electron chi connectivity index (χ3n) is 18.6. The number of aromatic nitrogens is 8. The van der Waals surface area contributed by atoms with Gasteiger partial charge in [0.05, 0.1) is 13.2 Å². The van der Waals surface area contributed by atoms with Crippen LogP contribution in [0.3, 0.4) is 0 Å². The Morgan fingerprint density at radius 3 is 0.511 bits per heavy atom. The fourth-order valence-electron chi connectivity index (χ4n) is 14.5. The summed E-state index contributed by atoms with van der Waals surface area (Å²) in [6, 6.07) is 53.3. The summed E-state index contributed by atoms with van der Waals surface area (Å²) in [5.41, 5.74) is 17.2. The summed E-state index contributed by atoms with van der Waals surface area (Å²) in [5, 5.41) is 17.4. The zero-order valence-corrected chi connectivity index (χ0v) is 50.7. The molecular weight excluding hydrogens is 1130 g/mol. The van der Waals surface area contributed by atoms with Crippen molar-refractivity contribution in [2.75, 3.05) is 13.2 Å². The van der Waals surface area contributed by atoms with Gasteiger partial charge < -0.3 is 9.47 Å². The molecule has 4 bridgehead atoms. The number of benzene rings is 11. The zero-order valence-electron chi connectivity index (χ0n) is 50.7. The third kappa shape index (κ3) is 8.84. The fraction of sp³-hybridized carbons (Fsp3) is 0.0976. The Morgan fingerprint density at radius 1 is 0.217 bits per heavy atom. The minimum atomic E-state index is 0.495. The van der Waals surface area contributed by atoms with E-state index in [-0.39, 0.29) is 0 Å². The summed E-state index contributed by atoms with van der Waals surface area (Å²) >= 11 is 0. The lowest BCUT2D eigenvalue weighted by molar-refractivity contribution is 0.312. The van der Waals surface area contributed by atoms with Crippen LogP contribution in [0.1, 0.15) is 39.5 Å². The zero-order chi connectivity index (χ0) is 61.2. The van der Waals surface area contributed by atoms with Crippen molar-refractivity contribution < 1.29 is 9.47 Å². The molecule has 0 fully saturated rings. The molecule has 8 heterocycles. The van der Waals surface area contributed by atoms with E-state index in [9.17, 15) is 0 Å². The average molecular weight is 1190 g/mol. The van der Waals surface area contributed by atoms with Gasteiger partial charge in [0.2, 0.25) is 0 Å². The number of unbranched alkanes of at least 4 members (excludes halogenated alkanes) is 2. The van der Waals surface area contributed by atoms with Crippen molar-refractivity contribution in [2.24, 2.45) is 0 Å². The van der Waals surface area contributed by atoms with Crippen molar-refractivity contribution in [2.45, 2.75) is 39.5 Å². The Hall–Kier alpha value is -11.6. The van der Waals surface area contributed by atoms with E-state index in [1.165, 1.54) is 0 Å². The molecule has 8 aromatic heterocycles. The molecule has 438 valence electrons. The van der Waals surface area contributed by atoms with Gasteiger partial charge in [0.25, 0.3) is 0 Å². The molecular formula is C82H58N8O2. The van der Waals surface area contributed by atoms with Crippen LogP contribution in [-0.4, -0.2) is 53.1 Å². The largest absolute Gasteiger partial charge is 0.492 e. The maximum Gasteiger partial charge on any atom is 0.136 e. The Morgan fingerprint density at radius 2 is 0.370 bits per heavy atom. The van der Waals surface area contributed by atoms with Crippen LogP contribution in [0.4, 0.5) is 0 Å². The number of pyridine rings is 8. The number of hydrogen-bond acceptors (Lipinski definition) is 10. The van der Waals surface area contributed by atoms with Crippen LogP contribution in [0, 0.1) is 0 Å². The second kappa shape index (κ2) is 22.8. The van der Waals surface area contributed by atoms with Crippen LogP contribution in [0.2, 0.25) is 0 Å². The molecule has 10 heteroatoms. The lowest BCUT2D eigenvalue weighted by atomic mass is 9.77. The van der Waals surface area contributed by atoms with Gasteiger partial charge >= 0.3 is 0 Å². The molecule has 0 saturated carbocycles. The molecule has 19 aromatic rings. The maximum atomic E-state index is 7.84. The standard InChI is InChI=1S/C82H58N8O2/c1-3-5-39-91-81-77-73-65-41-57(49-7-23-83-24-8-49)61(53-15-31-87-32-16-53)45-69(65)75(70-46-62(54-17-33-88-34-18-54)58(42-66(70)73)50-9-25-84-26-10-50)79(77)82(92-40-6-4-2)80-76-71-47-63(55-19-35-89-36-20-55)59(51-11-27-85-28-12-51)43-67(71)74(78(80)81)68-44-60(52-13-29-86-30-14-52)64(48-72(68)76)56-21-37-90-38-22-56/h7-38,41-48H,3-6,39-40H2,1-2H3. The SMILES string of the molecule is CCCCOc1c2c(c(OCCCC)c3c1c1c4cc(-c5ccncc5)c(-c5ccncc5)cc4c3c3cc(-c4ccncc4)c(-c4ccncc4)cc31)c1c3cc(-c4ccncc4)c(-c4ccncc4)cc3c2c2cc(-c3ccncc3)c(-c3ccncc3)cc21. The van der Waals surface area contributed by atoms with E-state index in [1.54, 1.807) is 0 Å². The minimum absolute atomic E-state index is 0.495. The summed E-state index contributed by atoms with van der Waals surface area (Å²) in [5.74, 6) is 1.69. The van der Waals surface area contributed by atoms with Gasteiger partial charge in [-0.25, -0.2) is 0 Å². The van der Waals surface area contributed by atoms with E-state index >= 15 is 0 Å². The van der Waals surface area contributed by atoms with E-state index in [4.69, 9.17) is 9.47 Å². The van der Waals surface area contributed by atoms with Gasteiger partial charge in [0.1, 0.15) is 11.5 Å². The van der Waals surface area contributed by atoms with Gasteiger partial charge in [-0.05, 0) is 291 Å². The second-order valence-electron chi connectivity index (χ2n) is 23.7. The van der Waals surface area contributed by atoms with Crippen molar-refractivity contribution in [3.63, 3.8) is 0 Å². The van der Waals surface area contributed by atoms with Gasteiger partial charge in [-0.2, -0.15) is 0 Å². The Kier molecular flexibility index (Phi) is 13.5. The first-order chi connectivity index (χ1) is 45.6. The molecule has 92 heavy (non-hydrogen) atoms. The molecule has 0 amide bonds. The smallest absolute Gasteiger partial charge is 0.136 e. The minimum Gasteiger partial charge on any atom is -0.492 e. The number of rotatable bonds is 16. The van der Waals surface area contributed by atoms with Crippen molar-refractivity contribution in [1.82, 2.24) is 39.9 Å².